The van der Waals surface area contributed by atoms with Gasteiger partial charge in [-0.25, -0.2) is 0 Å². The molecule has 0 rings (SSSR count). The minimum atomic E-state index is -3.28. The van der Waals surface area contributed by atoms with Crippen LogP contribution in [-0.4, -0.2) is 20.8 Å². The maximum absolute atomic E-state index is 10.9. The number of unbranched alkanes of at least 4 members (excludes halogenated alkanes) is 1. The van der Waals surface area contributed by atoms with Crippen LogP contribution in [0.3, 0.4) is 0 Å². The molecule has 5 heteroatoms. The first-order valence-electron chi connectivity index (χ1n) is 3.60. The third kappa shape index (κ3) is 7.71. The van der Waals surface area contributed by atoms with Gasteiger partial charge in [0, 0.05) is 0 Å². The van der Waals surface area contributed by atoms with E-state index in [1.54, 1.807) is 0 Å². The molecule has 0 spiro atoms. The molecule has 0 aromatic heterocycles. The lowest BCUT2D eigenvalue weighted by Gasteiger charge is -2.00. The van der Waals surface area contributed by atoms with Gasteiger partial charge in [0.05, 0.1) is 12.4 Å². The van der Waals surface area contributed by atoms with Crippen molar-refractivity contribution in [2.75, 3.05) is 12.4 Å². The van der Waals surface area contributed by atoms with Gasteiger partial charge < -0.3 is 6.15 Å². The monoisotopic (exact) mass is 195 g/mol. The van der Waals surface area contributed by atoms with Crippen molar-refractivity contribution in [1.29, 1.82) is 0 Å². The lowest BCUT2D eigenvalue weighted by Crippen LogP contribution is -2.10. The summed E-state index contributed by atoms with van der Waals surface area (Å²) >= 11 is 0. The molecular weight excluding hydrogens is 178 g/mol. The summed E-state index contributed by atoms with van der Waals surface area (Å²) in [7, 11) is -3.28. The summed E-state index contributed by atoms with van der Waals surface area (Å²) in [4.78, 5) is 0. The van der Waals surface area contributed by atoms with Crippen LogP contribution in [0.4, 0.5) is 0 Å². The second-order valence-corrected chi connectivity index (χ2v) is 3.95. The maximum Gasteiger partial charge on any atom is 0.267 e. The molecule has 0 aromatic carbocycles. The third-order valence-electron chi connectivity index (χ3n) is 1.11. The highest BCUT2D eigenvalue weighted by Gasteiger charge is 2.07. The third-order valence-corrected chi connectivity index (χ3v) is 2.40. The molecule has 0 bridgehead atoms. The zero-order chi connectivity index (χ0) is 8.74. The molecule has 0 amide bonds. The fraction of sp³-hybridized carbons (Fsp3) is 0.714. The van der Waals surface area contributed by atoms with Gasteiger partial charge in [0.15, 0.2) is 0 Å². The standard InChI is InChI=1S/C7H14O3S.H3N/c1-3-5-7-11(8,9)10-6-4-2;/h4H,2-3,5-7H2,1H3;1H3. The Morgan fingerprint density at radius 2 is 2.08 bits per heavy atom. The van der Waals surface area contributed by atoms with E-state index in [2.05, 4.69) is 10.8 Å². The van der Waals surface area contributed by atoms with Crippen molar-refractivity contribution in [3.63, 3.8) is 0 Å². The molecule has 0 aromatic rings. The van der Waals surface area contributed by atoms with Gasteiger partial charge in [0.25, 0.3) is 10.1 Å². The summed E-state index contributed by atoms with van der Waals surface area (Å²) < 4.78 is 26.3. The van der Waals surface area contributed by atoms with Crippen LogP contribution in [0.15, 0.2) is 12.7 Å². The van der Waals surface area contributed by atoms with Crippen molar-refractivity contribution in [3.05, 3.63) is 12.7 Å². The molecule has 0 radical (unpaired) electrons. The Kier molecular flexibility index (Phi) is 8.57. The SMILES string of the molecule is C=CCOS(=O)(=O)CCCC.N. The fourth-order valence-corrected chi connectivity index (χ4v) is 1.60. The van der Waals surface area contributed by atoms with E-state index in [0.29, 0.717) is 6.42 Å². The molecule has 0 unspecified atom stereocenters. The molecule has 0 aliphatic heterocycles. The van der Waals surface area contributed by atoms with Crippen molar-refractivity contribution in [2.45, 2.75) is 19.8 Å². The van der Waals surface area contributed by atoms with E-state index < -0.39 is 10.1 Å². The lowest BCUT2D eigenvalue weighted by molar-refractivity contribution is 0.356. The smallest absolute Gasteiger partial charge is 0.267 e. The second-order valence-electron chi connectivity index (χ2n) is 2.19. The summed E-state index contributed by atoms with van der Waals surface area (Å²) in [6.07, 6.45) is 2.93. The van der Waals surface area contributed by atoms with E-state index in [-0.39, 0.29) is 18.5 Å². The van der Waals surface area contributed by atoms with Gasteiger partial charge in [0.2, 0.25) is 0 Å². The van der Waals surface area contributed by atoms with Crippen LogP contribution >= 0.6 is 0 Å². The molecule has 4 nitrogen and oxygen atoms in total. The molecule has 0 saturated heterocycles. The molecule has 12 heavy (non-hydrogen) atoms. The normalized spacial score (nSPS) is 10.4. The van der Waals surface area contributed by atoms with E-state index in [0.717, 1.165) is 6.42 Å². The first-order valence-corrected chi connectivity index (χ1v) is 5.18. The van der Waals surface area contributed by atoms with Crippen LogP contribution in [0, 0.1) is 0 Å². The molecule has 74 valence electrons. The largest absolute Gasteiger partial charge is 0.344 e. The summed E-state index contributed by atoms with van der Waals surface area (Å²) in [5, 5.41) is 0. The van der Waals surface area contributed by atoms with Crippen LogP contribution in [0.5, 0.6) is 0 Å². The van der Waals surface area contributed by atoms with Crippen molar-refractivity contribution in [1.82, 2.24) is 6.15 Å². The Bertz CT molecular complexity index is 199. The van der Waals surface area contributed by atoms with E-state index >= 15 is 0 Å². The van der Waals surface area contributed by atoms with Gasteiger partial charge in [0.1, 0.15) is 0 Å². The van der Waals surface area contributed by atoms with Gasteiger partial charge >= 0.3 is 0 Å². The van der Waals surface area contributed by atoms with Crippen LogP contribution < -0.4 is 6.15 Å². The molecular formula is C7H17NO3S. The molecule has 0 atom stereocenters. The van der Waals surface area contributed by atoms with E-state index in [9.17, 15) is 8.42 Å². The van der Waals surface area contributed by atoms with Gasteiger partial charge in [-0.05, 0) is 6.42 Å². The Labute approximate surface area is 74.3 Å². The molecule has 0 aliphatic carbocycles. The van der Waals surface area contributed by atoms with Gasteiger partial charge in [-0.3, -0.25) is 4.18 Å². The Morgan fingerprint density at radius 3 is 2.50 bits per heavy atom. The van der Waals surface area contributed by atoms with E-state index in [1.807, 2.05) is 6.92 Å². The highest BCUT2D eigenvalue weighted by Crippen LogP contribution is 1.98. The van der Waals surface area contributed by atoms with Crippen LogP contribution in [-0.2, 0) is 14.3 Å². The Morgan fingerprint density at radius 1 is 1.50 bits per heavy atom. The highest BCUT2D eigenvalue weighted by molar-refractivity contribution is 7.86. The molecule has 0 fully saturated rings. The van der Waals surface area contributed by atoms with Gasteiger partial charge in [-0.2, -0.15) is 8.42 Å². The maximum atomic E-state index is 10.9. The number of hydrogen-bond donors (Lipinski definition) is 1. The van der Waals surface area contributed by atoms with Crippen LogP contribution in [0.25, 0.3) is 0 Å². The van der Waals surface area contributed by atoms with Crippen molar-refractivity contribution in [3.8, 4) is 0 Å². The number of rotatable bonds is 6. The first kappa shape index (κ1) is 14.2. The second kappa shape index (κ2) is 7.27. The first-order chi connectivity index (χ1) is 5.12. The minimum Gasteiger partial charge on any atom is -0.344 e. The fourth-order valence-electron chi connectivity index (χ4n) is 0.532. The summed E-state index contributed by atoms with van der Waals surface area (Å²) in [5.41, 5.74) is 0. The average molecular weight is 195 g/mol. The average Bonchev–Trinajstić information content (AvgIpc) is 1.97. The topological polar surface area (TPSA) is 78.4 Å². The van der Waals surface area contributed by atoms with Gasteiger partial charge in [-0.1, -0.05) is 19.4 Å². The number of hydrogen-bond acceptors (Lipinski definition) is 4. The quantitative estimate of drug-likeness (QED) is 0.514. The van der Waals surface area contributed by atoms with Crippen molar-refractivity contribution in [2.24, 2.45) is 0 Å². The van der Waals surface area contributed by atoms with E-state index in [4.69, 9.17) is 0 Å². The predicted octanol–water partition coefficient (Wildman–Crippen LogP) is 1.48. The molecule has 0 aliphatic rings. The highest BCUT2D eigenvalue weighted by atomic mass is 32.2. The van der Waals surface area contributed by atoms with Crippen LogP contribution in [0.2, 0.25) is 0 Å². The van der Waals surface area contributed by atoms with Crippen molar-refractivity contribution >= 4 is 10.1 Å². The Hall–Kier alpha value is -0.390. The molecule has 0 saturated carbocycles. The lowest BCUT2D eigenvalue weighted by atomic mass is 10.4. The zero-order valence-corrected chi connectivity index (χ0v) is 8.27. The molecule has 0 heterocycles. The predicted molar refractivity (Wildman–Crippen MR) is 49.9 cm³/mol. The Balaban J connectivity index is 0. The molecule has 3 N–H and O–H groups in total. The summed E-state index contributed by atoms with van der Waals surface area (Å²) in [5.74, 6) is 0.108. The van der Waals surface area contributed by atoms with Gasteiger partial charge in [-0.15, -0.1) is 6.58 Å². The van der Waals surface area contributed by atoms with Crippen molar-refractivity contribution < 1.29 is 12.6 Å². The summed E-state index contributed by atoms with van der Waals surface area (Å²) in [6, 6.07) is 0. The summed E-state index contributed by atoms with van der Waals surface area (Å²) in [6.45, 7) is 5.36. The van der Waals surface area contributed by atoms with Crippen LogP contribution in [0.1, 0.15) is 19.8 Å². The minimum absolute atomic E-state index is 0. The zero-order valence-electron chi connectivity index (χ0n) is 7.45. The van der Waals surface area contributed by atoms with E-state index in [1.165, 1.54) is 6.08 Å².